The molecule has 6 aromatic rings. The van der Waals surface area contributed by atoms with E-state index in [1.807, 2.05) is 62.4 Å². The van der Waals surface area contributed by atoms with Crippen LogP contribution in [0, 0.1) is 41.5 Å². The number of carbonyl (C=O) groups is 2. The molecule has 0 saturated heterocycles. The number of carbonyl (C=O) groups excluding carboxylic acids is 2. The first-order valence-corrected chi connectivity index (χ1v) is 24.3. The van der Waals surface area contributed by atoms with Crippen molar-refractivity contribution in [1.29, 1.82) is 0 Å². The van der Waals surface area contributed by atoms with Crippen LogP contribution in [0.4, 0.5) is 0 Å². The number of fused-ring (bicyclic) bond motifs is 6. The molecule has 0 aliphatic carbocycles. The zero-order valence-electron chi connectivity index (χ0n) is 37.5. The van der Waals surface area contributed by atoms with Gasteiger partial charge in [-0.1, -0.05) is 47.5 Å². The largest absolute Gasteiger partial charge is 0.379 e. The van der Waals surface area contributed by atoms with E-state index in [1.165, 1.54) is 9.75 Å². The summed E-state index contributed by atoms with van der Waals surface area (Å²) in [6.07, 6.45) is 2.32. The molecule has 0 bridgehead atoms. The quantitative estimate of drug-likeness (QED) is 0.0682. The predicted molar refractivity (Wildman–Crippen MR) is 257 cm³/mol. The first kappa shape index (κ1) is 46.8. The van der Waals surface area contributed by atoms with Crippen LogP contribution in [0.25, 0.3) is 10.0 Å². The maximum Gasteiger partial charge on any atom is 0.163 e. The highest BCUT2D eigenvalue weighted by Gasteiger charge is 2.34. The minimum Gasteiger partial charge on any atom is -0.379 e. The van der Waals surface area contributed by atoms with Crippen LogP contribution < -0.4 is 0 Å². The smallest absolute Gasteiger partial charge is 0.163 e. The Balaban J connectivity index is 0.742. The van der Waals surface area contributed by atoms with Crippen LogP contribution in [0.5, 0.6) is 0 Å². The van der Waals surface area contributed by atoms with Crippen LogP contribution in [0.2, 0.25) is 10.0 Å². The van der Waals surface area contributed by atoms with Gasteiger partial charge in [0.2, 0.25) is 0 Å². The number of hydrogen-bond acceptors (Lipinski definition) is 13. The summed E-state index contributed by atoms with van der Waals surface area (Å²) in [6.45, 7) is 14.8. The summed E-state index contributed by atoms with van der Waals surface area (Å²) in [4.78, 5) is 39.6. The Morgan fingerprint density at radius 3 is 1.31 bits per heavy atom. The molecule has 2 aliphatic heterocycles. The number of benzene rings is 2. The van der Waals surface area contributed by atoms with Crippen LogP contribution in [0.1, 0.15) is 117 Å². The molecule has 6 heterocycles. The van der Waals surface area contributed by atoms with Crippen molar-refractivity contribution >= 4 is 68.9 Å². The molecule has 2 atom stereocenters. The molecule has 0 fully saturated rings. The Morgan fingerprint density at radius 2 is 0.923 bits per heavy atom. The van der Waals surface area contributed by atoms with Crippen molar-refractivity contribution in [3.05, 3.63) is 125 Å². The van der Waals surface area contributed by atoms with Crippen molar-refractivity contribution in [3.8, 4) is 10.0 Å². The lowest BCUT2D eigenvalue weighted by Gasteiger charge is -2.13. The molecule has 13 nitrogen and oxygen atoms in total. The maximum absolute atomic E-state index is 13.4. The molecule has 2 aliphatic rings. The van der Waals surface area contributed by atoms with E-state index in [2.05, 4.69) is 57.2 Å². The summed E-state index contributed by atoms with van der Waals surface area (Å²) >= 11 is 15.9. The first-order chi connectivity index (χ1) is 31.4. The van der Waals surface area contributed by atoms with Gasteiger partial charge in [0.1, 0.15) is 45.3 Å². The Hall–Kier alpha value is -4.74. The predicted octanol–water partition coefficient (Wildman–Crippen LogP) is 10.1. The Labute approximate surface area is 396 Å². The van der Waals surface area contributed by atoms with Gasteiger partial charge in [0.05, 0.1) is 37.9 Å². The van der Waals surface area contributed by atoms with Crippen molar-refractivity contribution in [2.24, 2.45) is 9.98 Å². The molecule has 0 amide bonds. The Bertz CT molecular complexity index is 2570. The lowest BCUT2D eigenvalue weighted by atomic mass is 9.99. The van der Waals surface area contributed by atoms with Crippen LogP contribution in [-0.2, 0) is 23.8 Å². The van der Waals surface area contributed by atoms with Gasteiger partial charge in [-0.25, -0.2) is 0 Å². The number of nitrogens with zero attached hydrogens (tertiary/aromatic N) is 8. The second-order valence-corrected chi connectivity index (χ2v) is 19.6. The van der Waals surface area contributed by atoms with Crippen molar-refractivity contribution in [3.63, 3.8) is 0 Å². The van der Waals surface area contributed by atoms with E-state index < -0.39 is 12.1 Å². The summed E-state index contributed by atoms with van der Waals surface area (Å²) in [6, 6.07) is 14.4. The lowest BCUT2D eigenvalue weighted by Crippen LogP contribution is -2.13. The fraction of sp³-hybridized carbons (Fsp3) is 0.417. The van der Waals surface area contributed by atoms with Gasteiger partial charge in [-0.05, 0) is 89.8 Å². The number of hydrogen-bond donors (Lipinski definition) is 0. The molecule has 0 spiro atoms. The molecular formula is C48H52Cl2N8O5S2. The van der Waals surface area contributed by atoms with Crippen molar-refractivity contribution in [2.45, 2.75) is 92.2 Å². The minimum absolute atomic E-state index is 0.0845. The number of aryl methyl sites for hydroxylation is 4. The third-order valence-corrected chi connectivity index (χ3v) is 14.7. The Morgan fingerprint density at radius 1 is 0.554 bits per heavy atom. The Kier molecular flexibility index (Phi) is 15.0. The number of Topliss-reactive ketones (excluding diaryl/α,β-unsaturated/α-hetero) is 2. The fourth-order valence-corrected chi connectivity index (χ4v) is 10.9. The molecule has 4 aromatic heterocycles. The lowest BCUT2D eigenvalue weighted by molar-refractivity contribution is -0.120. The van der Waals surface area contributed by atoms with Crippen molar-refractivity contribution < 1.29 is 23.8 Å². The number of ether oxygens (including phenoxy) is 3. The first-order valence-electron chi connectivity index (χ1n) is 21.9. The third kappa shape index (κ3) is 10.3. The topological polar surface area (TPSA) is 148 Å². The molecule has 340 valence electrons. The normalized spacial score (nSPS) is 15.4. The van der Waals surface area contributed by atoms with Crippen LogP contribution >= 0.6 is 45.9 Å². The summed E-state index contributed by atoms with van der Waals surface area (Å²) in [5.74, 6) is 3.03. The number of thiophene rings is 2. The average Bonchev–Trinajstić information content (AvgIpc) is 3.98. The van der Waals surface area contributed by atoms with Gasteiger partial charge in [0, 0.05) is 81.0 Å². The minimum atomic E-state index is -0.487. The highest BCUT2D eigenvalue weighted by atomic mass is 35.5. The SMILES string of the molecule is Cc1sc2c(c1C)C(c1ccc(Cl)cc1)=NC(CC(=O)CCCOCCOCCOCCCC(=O)CC1N=C(c3ccc(Cl)cc3)c3c(sc(C)c3C)-n3c(C)nnc31)c1nnc(C)n1-2. The average molecular weight is 956 g/mol. The zero-order valence-corrected chi connectivity index (χ0v) is 40.6. The molecule has 65 heavy (non-hydrogen) atoms. The summed E-state index contributed by atoms with van der Waals surface area (Å²) in [5, 5.41) is 21.2. The van der Waals surface area contributed by atoms with E-state index in [0.717, 1.165) is 66.5 Å². The molecule has 2 unspecified atom stereocenters. The van der Waals surface area contributed by atoms with E-state index in [9.17, 15) is 9.59 Å². The summed E-state index contributed by atoms with van der Waals surface area (Å²) in [7, 11) is 0. The molecule has 17 heteroatoms. The molecular weight excluding hydrogens is 904 g/mol. The molecule has 2 aromatic carbocycles. The van der Waals surface area contributed by atoms with Gasteiger partial charge in [0.15, 0.2) is 11.6 Å². The summed E-state index contributed by atoms with van der Waals surface area (Å²) < 4.78 is 21.4. The van der Waals surface area contributed by atoms with Gasteiger partial charge in [-0.3, -0.25) is 28.7 Å². The zero-order chi connectivity index (χ0) is 45.8. The number of halogens is 2. The van der Waals surface area contributed by atoms with Crippen LogP contribution in [-0.4, -0.2) is 92.2 Å². The van der Waals surface area contributed by atoms with Crippen molar-refractivity contribution in [1.82, 2.24) is 29.5 Å². The van der Waals surface area contributed by atoms with Crippen LogP contribution in [0.15, 0.2) is 58.5 Å². The second-order valence-electron chi connectivity index (χ2n) is 16.3. The number of ketones is 2. The van der Waals surface area contributed by atoms with E-state index in [1.54, 1.807) is 22.7 Å². The molecule has 0 radical (unpaired) electrons. The van der Waals surface area contributed by atoms with Gasteiger partial charge in [0.25, 0.3) is 0 Å². The second kappa shape index (κ2) is 20.8. The monoisotopic (exact) mass is 954 g/mol. The van der Waals surface area contributed by atoms with Crippen molar-refractivity contribution in [2.75, 3.05) is 39.6 Å². The van der Waals surface area contributed by atoms with E-state index >= 15 is 0 Å². The van der Waals surface area contributed by atoms with E-state index in [0.29, 0.717) is 87.0 Å². The fourth-order valence-electron chi connectivity index (χ4n) is 8.19. The number of rotatable bonds is 20. The molecule has 0 saturated carbocycles. The van der Waals surface area contributed by atoms with E-state index in [4.69, 9.17) is 47.4 Å². The standard InChI is InChI=1S/C48H52Cl2N8O5S2/c1-27-29(3)64-47-41(27)43(33-11-15-35(49)16-12-33)51-39(45-55-53-31(5)57(45)47)25-37(59)9-7-19-61-21-23-63-24-22-62-20-8-10-38(60)26-40-46-56-54-32(6)58(46)48-42(28(2)30(4)65-48)44(52-40)34-13-17-36(50)18-14-34/h11-18,39-40H,7-10,19-26H2,1-6H3. The summed E-state index contributed by atoms with van der Waals surface area (Å²) in [5.41, 5.74) is 7.91. The number of aliphatic imine (C=N–C) groups is 2. The van der Waals surface area contributed by atoms with Crippen LogP contribution in [0.3, 0.4) is 0 Å². The van der Waals surface area contributed by atoms with Gasteiger partial charge in [-0.15, -0.1) is 43.1 Å². The highest BCUT2D eigenvalue weighted by Crippen LogP contribution is 2.41. The highest BCUT2D eigenvalue weighted by molar-refractivity contribution is 7.15. The molecule has 0 N–H and O–H groups in total. The van der Waals surface area contributed by atoms with Gasteiger partial charge >= 0.3 is 0 Å². The third-order valence-electron chi connectivity index (χ3n) is 11.8. The van der Waals surface area contributed by atoms with E-state index in [-0.39, 0.29) is 24.4 Å². The maximum atomic E-state index is 13.4. The van der Waals surface area contributed by atoms with Gasteiger partial charge < -0.3 is 14.2 Å². The molecule has 8 rings (SSSR count). The number of aromatic nitrogens is 6. The van der Waals surface area contributed by atoms with Gasteiger partial charge in [-0.2, -0.15) is 0 Å².